The Hall–Kier alpha value is -2.04. The van der Waals surface area contributed by atoms with Gasteiger partial charge in [-0.15, -0.1) is 0 Å². The number of nitrogens with one attached hydrogen (secondary N) is 1. The van der Waals surface area contributed by atoms with Crippen molar-refractivity contribution in [2.45, 2.75) is 39.0 Å². The van der Waals surface area contributed by atoms with Gasteiger partial charge in [-0.25, -0.2) is 4.79 Å². The second-order valence-corrected chi connectivity index (χ2v) is 6.88. The molecular weight excluding hydrogens is 302 g/mol. The molecule has 1 heterocycles. The SMILES string of the molecule is CCC(C)c1ccc(NC(=O)C2CCCN(C(=O)N(C)C)C2)cc1. The number of benzene rings is 1. The van der Waals surface area contributed by atoms with Gasteiger partial charge in [-0.1, -0.05) is 26.0 Å². The number of hydrogen-bond donors (Lipinski definition) is 1. The molecule has 132 valence electrons. The van der Waals surface area contributed by atoms with Crippen molar-refractivity contribution in [3.05, 3.63) is 29.8 Å². The molecule has 1 aliphatic heterocycles. The lowest BCUT2D eigenvalue weighted by atomic mass is 9.96. The van der Waals surface area contributed by atoms with Crippen molar-refractivity contribution in [1.29, 1.82) is 0 Å². The molecule has 3 amide bonds. The van der Waals surface area contributed by atoms with E-state index in [0.29, 0.717) is 12.5 Å². The summed E-state index contributed by atoms with van der Waals surface area (Å²) in [6.07, 6.45) is 2.79. The van der Waals surface area contributed by atoms with Crippen LogP contribution in [0.2, 0.25) is 0 Å². The van der Waals surface area contributed by atoms with E-state index in [1.165, 1.54) is 5.56 Å². The Balaban J connectivity index is 1.95. The van der Waals surface area contributed by atoms with Gasteiger partial charge in [-0.3, -0.25) is 4.79 Å². The van der Waals surface area contributed by atoms with Crippen LogP contribution in [-0.2, 0) is 4.79 Å². The number of piperidine rings is 1. The van der Waals surface area contributed by atoms with Crippen LogP contribution in [0.25, 0.3) is 0 Å². The van der Waals surface area contributed by atoms with E-state index in [2.05, 4.69) is 31.3 Å². The van der Waals surface area contributed by atoms with Crippen LogP contribution in [0.15, 0.2) is 24.3 Å². The molecule has 5 nitrogen and oxygen atoms in total. The van der Waals surface area contributed by atoms with Gasteiger partial charge in [0.25, 0.3) is 0 Å². The Kier molecular flexibility index (Phi) is 6.23. The van der Waals surface area contributed by atoms with Gasteiger partial charge in [-0.05, 0) is 42.9 Å². The number of rotatable bonds is 4. The number of anilines is 1. The molecule has 0 aliphatic carbocycles. The molecule has 24 heavy (non-hydrogen) atoms. The summed E-state index contributed by atoms with van der Waals surface area (Å²) in [6, 6.07) is 8.06. The van der Waals surface area contributed by atoms with Gasteiger partial charge in [0.15, 0.2) is 0 Å². The van der Waals surface area contributed by atoms with Crippen molar-refractivity contribution in [2.24, 2.45) is 5.92 Å². The fourth-order valence-electron chi connectivity index (χ4n) is 3.02. The molecule has 0 aromatic heterocycles. The Labute approximate surface area is 145 Å². The fourth-order valence-corrected chi connectivity index (χ4v) is 3.02. The third kappa shape index (κ3) is 4.49. The van der Waals surface area contributed by atoms with Crippen LogP contribution in [-0.4, -0.2) is 48.9 Å². The molecular formula is C19H29N3O2. The van der Waals surface area contributed by atoms with Crippen LogP contribution < -0.4 is 5.32 Å². The highest BCUT2D eigenvalue weighted by molar-refractivity contribution is 5.93. The molecule has 1 N–H and O–H groups in total. The van der Waals surface area contributed by atoms with Gasteiger partial charge >= 0.3 is 6.03 Å². The fraction of sp³-hybridized carbons (Fsp3) is 0.579. The molecule has 0 saturated carbocycles. The van der Waals surface area contributed by atoms with Crippen LogP contribution in [0.4, 0.5) is 10.5 Å². The molecule has 1 aromatic carbocycles. The summed E-state index contributed by atoms with van der Waals surface area (Å²) in [4.78, 5) is 27.9. The first-order valence-corrected chi connectivity index (χ1v) is 8.79. The van der Waals surface area contributed by atoms with Gasteiger partial charge in [0.2, 0.25) is 5.91 Å². The van der Waals surface area contributed by atoms with E-state index < -0.39 is 0 Å². The van der Waals surface area contributed by atoms with Gasteiger partial charge in [0.1, 0.15) is 0 Å². The second kappa shape index (κ2) is 8.18. The second-order valence-electron chi connectivity index (χ2n) is 6.88. The molecule has 0 spiro atoms. The summed E-state index contributed by atoms with van der Waals surface area (Å²) in [7, 11) is 3.48. The predicted octanol–water partition coefficient (Wildman–Crippen LogP) is 3.53. The highest BCUT2D eigenvalue weighted by Crippen LogP contribution is 2.22. The lowest BCUT2D eigenvalue weighted by Crippen LogP contribution is -2.47. The lowest BCUT2D eigenvalue weighted by Gasteiger charge is -2.33. The number of carbonyl (C=O) groups excluding carboxylic acids is 2. The van der Waals surface area contributed by atoms with Crippen molar-refractivity contribution < 1.29 is 9.59 Å². The van der Waals surface area contributed by atoms with Gasteiger partial charge < -0.3 is 15.1 Å². The van der Waals surface area contributed by atoms with Crippen LogP contribution in [0.5, 0.6) is 0 Å². The number of likely N-dealkylation sites (tertiary alicyclic amines) is 1. The summed E-state index contributed by atoms with van der Waals surface area (Å²) in [5.74, 6) is 0.387. The average Bonchev–Trinajstić information content (AvgIpc) is 2.61. The molecule has 0 bridgehead atoms. The zero-order valence-electron chi connectivity index (χ0n) is 15.2. The third-order valence-corrected chi connectivity index (χ3v) is 4.80. The maximum Gasteiger partial charge on any atom is 0.319 e. The van der Waals surface area contributed by atoms with E-state index in [-0.39, 0.29) is 17.9 Å². The summed E-state index contributed by atoms with van der Waals surface area (Å²) in [5, 5.41) is 2.99. The summed E-state index contributed by atoms with van der Waals surface area (Å²) in [5.41, 5.74) is 2.11. The minimum Gasteiger partial charge on any atom is -0.331 e. The molecule has 5 heteroatoms. The van der Waals surface area contributed by atoms with Crippen molar-refractivity contribution >= 4 is 17.6 Å². The summed E-state index contributed by atoms with van der Waals surface area (Å²) < 4.78 is 0. The van der Waals surface area contributed by atoms with E-state index in [1.54, 1.807) is 23.9 Å². The molecule has 1 saturated heterocycles. The zero-order valence-corrected chi connectivity index (χ0v) is 15.2. The quantitative estimate of drug-likeness (QED) is 0.917. The van der Waals surface area contributed by atoms with Crippen LogP contribution >= 0.6 is 0 Å². The van der Waals surface area contributed by atoms with E-state index in [1.807, 2.05) is 12.1 Å². The van der Waals surface area contributed by atoms with Crippen molar-refractivity contribution in [3.8, 4) is 0 Å². The molecule has 1 aliphatic rings. The number of urea groups is 1. The van der Waals surface area contributed by atoms with E-state index in [0.717, 1.165) is 31.5 Å². The number of amides is 3. The third-order valence-electron chi connectivity index (χ3n) is 4.80. The van der Waals surface area contributed by atoms with Gasteiger partial charge in [0.05, 0.1) is 5.92 Å². The Bertz CT molecular complexity index is 568. The lowest BCUT2D eigenvalue weighted by molar-refractivity contribution is -0.121. The molecule has 1 fully saturated rings. The Morgan fingerprint density at radius 1 is 1.29 bits per heavy atom. The molecule has 2 rings (SSSR count). The average molecular weight is 331 g/mol. The first-order chi connectivity index (χ1) is 11.4. The highest BCUT2D eigenvalue weighted by atomic mass is 16.2. The van der Waals surface area contributed by atoms with Crippen LogP contribution in [0, 0.1) is 5.92 Å². The predicted molar refractivity (Wildman–Crippen MR) is 97.2 cm³/mol. The van der Waals surface area contributed by atoms with Gasteiger partial charge in [0, 0.05) is 32.9 Å². The summed E-state index contributed by atoms with van der Waals surface area (Å²) in [6.45, 7) is 5.59. The number of hydrogen-bond acceptors (Lipinski definition) is 2. The molecule has 2 unspecified atom stereocenters. The Morgan fingerprint density at radius 2 is 1.96 bits per heavy atom. The van der Waals surface area contributed by atoms with Crippen molar-refractivity contribution in [2.75, 3.05) is 32.5 Å². The molecule has 2 atom stereocenters. The number of carbonyl (C=O) groups is 2. The maximum absolute atomic E-state index is 12.5. The Morgan fingerprint density at radius 3 is 2.54 bits per heavy atom. The van der Waals surface area contributed by atoms with Crippen molar-refractivity contribution in [3.63, 3.8) is 0 Å². The normalized spacial score (nSPS) is 18.8. The topological polar surface area (TPSA) is 52.7 Å². The molecule has 1 aromatic rings. The first-order valence-electron chi connectivity index (χ1n) is 8.79. The minimum absolute atomic E-state index is 0.00236. The molecule has 0 radical (unpaired) electrons. The van der Waals surface area contributed by atoms with E-state index >= 15 is 0 Å². The monoisotopic (exact) mass is 331 g/mol. The smallest absolute Gasteiger partial charge is 0.319 e. The zero-order chi connectivity index (χ0) is 17.7. The minimum atomic E-state index is -0.142. The van der Waals surface area contributed by atoms with Gasteiger partial charge in [-0.2, -0.15) is 0 Å². The maximum atomic E-state index is 12.5. The standard InChI is InChI=1S/C19H29N3O2/c1-5-14(2)15-8-10-17(11-9-15)20-18(23)16-7-6-12-22(13-16)19(24)21(3)4/h8-11,14,16H,5-7,12-13H2,1-4H3,(H,20,23). The van der Waals surface area contributed by atoms with Crippen molar-refractivity contribution in [1.82, 2.24) is 9.80 Å². The summed E-state index contributed by atoms with van der Waals surface area (Å²) >= 11 is 0. The first kappa shape index (κ1) is 18.3. The van der Waals surface area contributed by atoms with Crippen LogP contribution in [0.3, 0.4) is 0 Å². The highest BCUT2D eigenvalue weighted by Gasteiger charge is 2.29. The van der Waals surface area contributed by atoms with E-state index in [4.69, 9.17) is 0 Å². The van der Waals surface area contributed by atoms with Crippen LogP contribution in [0.1, 0.15) is 44.6 Å². The largest absolute Gasteiger partial charge is 0.331 e. The number of nitrogens with zero attached hydrogens (tertiary/aromatic N) is 2. The van der Waals surface area contributed by atoms with E-state index in [9.17, 15) is 9.59 Å².